The molecule has 7 nitrogen and oxygen atoms in total. The summed E-state index contributed by atoms with van der Waals surface area (Å²) in [6.45, 7) is 7.78. The van der Waals surface area contributed by atoms with Crippen LogP contribution < -0.4 is 24.4 Å². The molecule has 0 atom stereocenters. The molecular weight excluding hydrogens is 366 g/mol. The summed E-state index contributed by atoms with van der Waals surface area (Å²) in [6.07, 6.45) is 1.95. The van der Waals surface area contributed by atoms with Crippen molar-refractivity contribution in [3.63, 3.8) is 0 Å². The summed E-state index contributed by atoms with van der Waals surface area (Å²) in [5, 5.41) is 0. The van der Waals surface area contributed by atoms with Crippen LogP contribution in [0.4, 0.5) is 11.5 Å². The fraction of sp³-hybridized carbons (Fsp3) is 0.455. The molecule has 1 aromatic heterocycles. The molecule has 2 aliphatic rings. The number of H-pyrrole nitrogens is 1. The van der Waals surface area contributed by atoms with Gasteiger partial charge in [-0.2, -0.15) is 0 Å². The summed E-state index contributed by atoms with van der Waals surface area (Å²) in [4.78, 5) is 24.2. The van der Waals surface area contributed by atoms with Crippen LogP contribution in [0.5, 0.6) is 5.75 Å². The van der Waals surface area contributed by atoms with Crippen LogP contribution in [0.3, 0.4) is 0 Å². The maximum atomic E-state index is 12.8. The zero-order chi connectivity index (χ0) is 20.1. The summed E-state index contributed by atoms with van der Waals surface area (Å²) >= 11 is 0. The van der Waals surface area contributed by atoms with Crippen molar-refractivity contribution in [3.05, 3.63) is 48.7 Å². The van der Waals surface area contributed by atoms with Gasteiger partial charge in [-0.05, 0) is 18.2 Å². The Kier molecular flexibility index (Phi) is 6.14. The van der Waals surface area contributed by atoms with E-state index in [1.54, 1.807) is 7.11 Å². The lowest BCUT2D eigenvalue weighted by atomic mass is 10.2. The number of ether oxygens (including phenoxy) is 1. The molecule has 2 fully saturated rings. The van der Waals surface area contributed by atoms with E-state index in [0.29, 0.717) is 6.54 Å². The van der Waals surface area contributed by atoms with Gasteiger partial charge in [0.05, 0.1) is 58.3 Å². The number of rotatable bonds is 5. The SMILES string of the molecule is COc1ccccc1N1CC[NH+](CC(=O)N2CCN(c3cccc[nH+]3)CC2)CC1. The third kappa shape index (κ3) is 4.62. The second kappa shape index (κ2) is 9.13. The third-order valence-corrected chi connectivity index (χ3v) is 5.96. The molecule has 2 saturated heterocycles. The molecule has 1 aromatic carbocycles. The van der Waals surface area contributed by atoms with Gasteiger partial charge in [0, 0.05) is 6.07 Å². The van der Waals surface area contributed by atoms with Crippen molar-refractivity contribution in [2.75, 3.05) is 75.8 Å². The van der Waals surface area contributed by atoms with Gasteiger partial charge in [0.1, 0.15) is 18.8 Å². The molecule has 2 aromatic rings. The first kappa shape index (κ1) is 19.5. The number of carbonyl (C=O) groups excluding carboxylic acids is 1. The van der Waals surface area contributed by atoms with Gasteiger partial charge in [-0.1, -0.05) is 18.2 Å². The Morgan fingerprint density at radius 2 is 1.69 bits per heavy atom. The summed E-state index contributed by atoms with van der Waals surface area (Å²) < 4.78 is 5.49. The minimum absolute atomic E-state index is 0.280. The molecule has 4 rings (SSSR count). The lowest BCUT2D eigenvalue weighted by Crippen LogP contribution is -3.16. The molecule has 0 bridgehead atoms. The molecule has 3 heterocycles. The van der Waals surface area contributed by atoms with E-state index in [9.17, 15) is 4.79 Å². The maximum Gasteiger partial charge on any atom is 0.278 e. The second-order valence-electron chi connectivity index (χ2n) is 7.70. The first-order chi connectivity index (χ1) is 14.2. The summed E-state index contributed by atoms with van der Waals surface area (Å²) in [5.74, 6) is 2.32. The average Bonchev–Trinajstić information content (AvgIpc) is 2.80. The highest BCUT2D eigenvalue weighted by Gasteiger charge is 2.29. The number of anilines is 2. The van der Waals surface area contributed by atoms with E-state index in [-0.39, 0.29) is 5.91 Å². The number of nitrogens with zero attached hydrogens (tertiary/aromatic N) is 3. The Bertz CT molecular complexity index is 800. The van der Waals surface area contributed by atoms with Crippen LogP contribution in [0.15, 0.2) is 48.7 Å². The molecular formula is C22H31N5O2+2. The van der Waals surface area contributed by atoms with E-state index < -0.39 is 0 Å². The van der Waals surface area contributed by atoms with Gasteiger partial charge >= 0.3 is 0 Å². The van der Waals surface area contributed by atoms with Crippen LogP contribution >= 0.6 is 0 Å². The van der Waals surface area contributed by atoms with E-state index >= 15 is 0 Å². The van der Waals surface area contributed by atoms with Crippen molar-refractivity contribution >= 4 is 17.4 Å². The summed E-state index contributed by atoms with van der Waals surface area (Å²) in [5.41, 5.74) is 1.15. The molecule has 7 heteroatoms. The van der Waals surface area contributed by atoms with Crippen molar-refractivity contribution in [1.82, 2.24) is 4.90 Å². The van der Waals surface area contributed by atoms with E-state index in [0.717, 1.165) is 69.6 Å². The molecule has 1 amide bonds. The largest absolute Gasteiger partial charge is 0.495 e. The Labute approximate surface area is 172 Å². The van der Waals surface area contributed by atoms with Crippen LogP contribution in [0.1, 0.15) is 0 Å². The fourth-order valence-corrected chi connectivity index (χ4v) is 4.23. The van der Waals surface area contributed by atoms with Crippen molar-refractivity contribution < 1.29 is 19.4 Å². The van der Waals surface area contributed by atoms with E-state index in [1.807, 2.05) is 41.4 Å². The monoisotopic (exact) mass is 397 g/mol. The van der Waals surface area contributed by atoms with E-state index in [2.05, 4.69) is 26.9 Å². The van der Waals surface area contributed by atoms with E-state index in [4.69, 9.17) is 4.74 Å². The molecule has 2 N–H and O–H groups in total. The van der Waals surface area contributed by atoms with Crippen LogP contribution in [0, 0.1) is 0 Å². The Balaban J connectivity index is 1.24. The minimum atomic E-state index is 0.280. The number of hydrogen-bond acceptors (Lipinski definition) is 4. The topological polar surface area (TPSA) is 54.6 Å². The molecule has 29 heavy (non-hydrogen) atoms. The molecule has 0 spiro atoms. The smallest absolute Gasteiger partial charge is 0.278 e. The number of benzene rings is 1. The second-order valence-corrected chi connectivity index (χ2v) is 7.70. The number of aromatic nitrogens is 1. The van der Waals surface area contributed by atoms with Gasteiger partial charge in [0.25, 0.3) is 11.7 Å². The molecule has 154 valence electrons. The number of aromatic amines is 1. The maximum absolute atomic E-state index is 12.8. The number of quaternary nitrogens is 1. The summed E-state index contributed by atoms with van der Waals surface area (Å²) in [6, 6.07) is 14.3. The van der Waals surface area contributed by atoms with Crippen molar-refractivity contribution in [2.24, 2.45) is 0 Å². The van der Waals surface area contributed by atoms with Gasteiger partial charge in [0.15, 0.2) is 6.54 Å². The van der Waals surface area contributed by atoms with Crippen LogP contribution in [0.2, 0.25) is 0 Å². The highest BCUT2D eigenvalue weighted by molar-refractivity contribution is 5.77. The molecule has 0 saturated carbocycles. The molecule has 0 radical (unpaired) electrons. The number of para-hydroxylation sites is 2. The highest BCUT2D eigenvalue weighted by Crippen LogP contribution is 2.27. The van der Waals surface area contributed by atoms with Gasteiger partial charge in [-0.3, -0.25) is 9.69 Å². The van der Waals surface area contributed by atoms with Crippen LogP contribution in [-0.4, -0.2) is 76.8 Å². The highest BCUT2D eigenvalue weighted by atomic mass is 16.5. The van der Waals surface area contributed by atoms with Crippen molar-refractivity contribution in [2.45, 2.75) is 0 Å². The van der Waals surface area contributed by atoms with Gasteiger partial charge in [0.2, 0.25) is 0 Å². The Morgan fingerprint density at radius 3 is 2.38 bits per heavy atom. The zero-order valence-electron chi connectivity index (χ0n) is 17.1. The van der Waals surface area contributed by atoms with Crippen LogP contribution in [0.25, 0.3) is 0 Å². The number of nitrogens with one attached hydrogen (secondary N) is 2. The molecule has 0 aliphatic carbocycles. The van der Waals surface area contributed by atoms with E-state index in [1.165, 1.54) is 4.90 Å². The predicted octanol–water partition coefficient (Wildman–Crippen LogP) is -0.437. The number of pyridine rings is 1. The number of hydrogen-bond donors (Lipinski definition) is 1. The zero-order valence-corrected chi connectivity index (χ0v) is 17.1. The van der Waals surface area contributed by atoms with Crippen molar-refractivity contribution in [3.8, 4) is 5.75 Å². The first-order valence-corrected chi connectivity index (χ1v) is 10.5. The summed E-state index contributed by atoms with van der Waals surface area (Å²) in [7, 11) is 1.72. The third-order valence-electron chi connectivity index (χ3n) is 5.96. The minimum Gasteiger partial charge on any atom is -0.495 e. The first-order valence-electron chi connectivity index (χ1n) is 10.5. The number of piperazine rings is 2. The standard InChI is InChI=1S/C22H29N5O2/c1-29-20-7-3-2-6-19(20)25-12-10-24(11-13-25)18-22(28)27-16-14-26(15-17-27)21-8-4-5-9-23-21/h2-9H,10-18H2,1H3/p+2. The number of carbonyl (C=O) groups is 1. The molecule has 0 unspecified atom stereocenters. The lowest BCUT2D eigenvalue weighted by molar-refractivity contribution is -0.892. The van der Waals surface area contributed by atoms with Crippen molar-refractivity contribution in [1.29, 1.82) is 0 Å². The average molecular weight is 398 g/mol. The van der Waals surface area contributed by atoms with Crippen LogP contribution in [-0.2, 0) is 4.79 Å². The number of methoxy groups -OCH3 is 1. The van der Waals surface area contributed by atoms with Gasteiger partial charge < -0.3 is 19.4 Å². The lowest BCUT2D eigenvalue weighted by Gasteiger charge is -2.35. The Hall–Kier alpha value is -2.80. The normalized spacial score (nSPS) is 18.0. The quantitative estimate of drug-likeness (QED) is 0.744. The van der Waals surface area contributed by atoms with Gasteiger partial charge in [-0.25, -0.2) is 4.98 Å². The number of amides is 1. The fourth-order valence-electron chi connectivity index (χ4n) is 4.23. The van der Waals surface area contributed by atoms with Gasteiger partial charge in [-0.15, -0.1) is 0 Å². The Morgan fingerprint density at radius 1 is 0.966 bits per heavy atom. The predicted molar refractivity (Wildman–Crippen MR) is 113 cm³/mol. The molecule has 2 aliphatic heterocycles.